The zero-order chi connectivity index (χ0) is 73.7. The van der Waals surface area contributed by atoms with Gasteiger partial charge in [0.05, 0.1) is 26.4 Å². The molecule has 0 fully saturated rings. The van der Waals surface area contributed by atoms with E-state index in [1.165, 1.54) is 225 Å². The van der Waals surface area contributed by atoms with E-state index in [0.29, 0.717) is 31.6 Å². The number of carbonyl (C=O) groups excluding carboxylic acids is 4. The molecular formula is C81H158O17P2. The van der Waals surface area contributed by atoms with Gasteiger partial charge in [-0.3, -0.25) is 37.3 Å². The number of carbonyl (C=O) groups is 4. The molecule has 0 saturated heterocycles. The Balaban J connectivity index is 5.24. The van der Waals surface area contributed by atoms with E-state index in [1.807, 2.05) is 0 Å². The maximum atomic E-state index is 13.1. The van der Waals surface area contributed by atoms with Crippen molar-refractivity contribution in [2.45, 2.75) is 439 Å². The van der Waals surface area contributed by atoms with Crippen LogP contribution in [0.1, 0.15) is 421 Å². The molecule has 0 aliphatic rings. The Hall–Kier alpha value is -1.94. The fraction of sp³-hybridized carbons (Fsp3) is 0.951. The standard InChI is InChI=1S/C81H158O17P2/c1-8-9-10-11-12-13-14-15-16-17-18-19-20-25-30-35-42-50-57-64-80(85)97-76(68-91-78(83)62-55-48-41-34-29-24-22-21-23-27-32-38-45-52-59-72(2)3)70-95-99(87,88)93-66-75(82)67-94-100(89,90)96-71-77(69-92-79(84)63-56-49-44-37-40-47-54-61-74(6)7)98-81(86)65-58-51-43-36-31-26-28-33-39-46-53-60-73(4)5/h72-77,82H,8-71H2,1-7H3,(H,87,88)(H,89,90)/t75-,76-,77-/m1/s1. The number of phosphoric ester groups is 2. The molecule has 0 aromatic rings. The van der Waals surface area contributed by atoms with Crippen molar-refractivity contribution < 1.29 is 80.2 Å². The molecule has 594 valence electrons. The van der Waals surface area contributed by atoms with Crippen LogP contribution >= 0.6 is 15.6 Å². The van der Waals surface area contributed by atoms with E-state index in [-0.39, 0.29) is 25.7 Å². The first kappa shape index (κ1) is 98.1. The summed E-state index contributed by atoms with van der Waals surface area (Å²) in [6.45, 7) is 11.9. The summed E-state index contributed by atoms with van der Waals surface area (Å²) < 4.78 is 68.7. The van der Waals surface area contributed by atoms with Crippen LogP contribution in [0, 0.1) is 17.8 Å². The van der Waals surface area contributed by atoms with Crippen LogP contribution in [0.25, 0.3) is 0 Å². The van der Waals surface area contributed by atoms with Crippen molar-refractivity contribution >= 4 is 39.5 Å². The number of aliphatic hydroxyl groups is 1. The molecule has 0 aliphatic carbocycles. The predicted octanol–water partition coefficient (Wildman–Crippen LogP) is 24.1. The van der Waals surface area contributed by atoms with Crippen LogP contribution in [-0.4, -0.2) is 96.7 Å². The summed E-state index contributed by atoms with van der Waals surface area (Å²) in [6.07, 6.45) is 59.8. The normalized spacial score (nSPS) is 14.0. The molecule has 0 spiro atoms. The molecular weight excluding hydrogens is 1310 g/mol. The number of unbranched alkanes of at least 4 members (excludes halogenated alkanes) is 47. The number of ether oxygens (including phenoxy) is 4. The number of phosphoric acid groups is 2. The highest BCUT2D eigenvalue weighted by Crippen LogP contribution is 2.45. The van der Waals surface area contributed by atoms with Crippen LogP contribution in [0.3, 0.4) is 0 Å². The highest BCUT2D eigenvalue weighted by atomic mass is 31.2. The number of esters is 4. The molecule has 0 radical (unpaired) electrons. The highest BCUT2D eigenvalue weighted by Gasteiger charge is 2.30. The second-order valence-electron chi connectivity index (χ2n) is 30.6. The largest absolute Gasteiger partial charge is 0.472 e. The summed E-state index contributed by atoms with van der Waals surface area (Å²) in [5.41, 5.74) is 0. The van der Waals surface area contributed by atoms with Gasteiger partial charge < -0.3 is 33.8 Å². The van der Waals surface area contributed by atoms with Crippen molar-refractivity contribution in [3.8, 4) is 0 Å². The molecule has 3 N–H and O–H groups in total. The lowest BCUT2D eigenvalue weighted by Crippen LogP contribution is -2.30. The Kier molecular flexibility index (Phi) is 69.9. The van der Waals surface area contributed by atoms with E-state index in [0.717, 1.165) is 108 Å². The number of hydrogen-bond acceptors (Lipinski definition) is 15. The molecule has 2 unspecified atom stereocenters. The summed E-state index contributed by atoms with van der Waals surface area (Å²) >= 11 is 0. The third kappa shape index (κ3) is 74.3. The van der Waals surface area contributed by atoms with Crippen molar-refractivity contribution in [1.29, 1.82) is 0 Å². The molecule has 0 heterocycles. The molecule has 0 rings (SSSR count). The fourth-order valence-electron chi connectivity index (χ4n) is 12.5. The number of aliphatic hydroxyl groups excluding tert-OH is 1. The SMILES string of the molecule is CCCCCCCCCCCCCCCCCCCCCC(=O)O[C@H](COC(=O)CCCCCCCCCCCCCCCCC(C)C)COP(=O)(O)OC[C@@H](O)COP(=O)(O)OC[C@@H](COC(=O)CCCCCCCCCC(C)C)OC(=O)CCCCCCCCCCCCCC(C)C. The van der Waals surface area contributed by atoms with Gasteiger partial charge in [0.25, 0.3) is 0 Å². The van der Waals surface area contributed by atoms with Gasteiger partial charge in [-0.05, 0) is 43.4 Å². The lowest BCUT2D eigenvalue weighted by Gasteiger charge is -2.21. The van der Waals surface area contributed by atoms with Gasteiger partial charge in [0, 0.05) is 25.7 Å². The first-order chi connectivity index (χ1) is 48.2. The van der Waals surface area contributed by atoms with Gasteiger partial charge in [-0.1, -0.05) is 370 Å². The molecule has 0 saturated carbocycles. The second-order valence-corrected chi connectivity index (χ2v) is 33.5. The molecule has 0 aliphatic heterocycles. The minimum Gasteiger partial charge on any atom is -0.462 e. The Morgan fingerprint density at radius 1 is 0.270 bits per heavy atom. The van der Waals surface area contributed by atoms with E-state index in [9.17, 15) is 43.2 Å². The first-order valence-corrected chi connectivity index (χ1v) is 44.8. The Morgan fingerprint density at radius 3 is 0.680 bits per heavy atom. The zero-order valence-corrected chi connectivity index (χ0v) is 67.5. The zero-order valence-electron chi connectivity index (χ0n) is 65.7. The van der Waals surface area contributed by atoms with E-state index in [2.05, 4.69) is 48.5 Å². The van der Waals surface area contributed by atoms with Crippen LogP contribution in [-0.2, 0) is 65.4 Å². The Morgan fingerprint density at radius 2 is 0.460 bits per heavy atom. The molecule has 17 nitrogen and oxygen atoms in total. The quantitative estimate of drug-likeness (QED) is 0.0222. The molecule has 100 heavy (non-hydrogen) atoms. The third-order valence-corrected chi connectivity index (χ3v) is 20.8. The molecule has 0 aromatic carbocycles. The number of rotatable bonds is 79. The highest BCUT2D eigenvalue weighted by molar-refractivity contribution is 7.47. The summed E-state index contributed by atoms with van der Waals surface area (Å²) in [5, 5.41) is 10.6. The summed E-state index contributed by atoms with van der Waals surface area (Å²) in [6, 6.07) is 0. The van der Waals surface area contributed by atoms with Crippen molar-refractivity contribution in [3.63, 3.8) is 0 Å². The van der Waals surface area contributed by atoms with Gasteiger partial charge >= 0.3 is 39.5 Å². The minimum absolute atomic E-state index is 0.106. The van der Waals surface area contributed by atoms with Crippen LogP contribution < -0.4 is 0 Å². The predicted molar refractivity (Wildman–Crippen MR) is 409 cm³/mol. The maximum absolute atomic E-state index is 13.1. The molecule has 5 atom stereocenters. The van der Waals surface area contributed by atoms with Gasteiger partial charge in [0.1, 0.15) is 19.3 Å². The van der Waals surface area contributed by atoms with Gasteiger partial charge in [-0.15, -0.1) is 0 Å². The minimum atomic E-state index is -4.96. The Bertz CT molecular complexity index is 1940. The second kappa shape index (κ2) is 71.3. The molecule has 0 aromatic heterocycles. The Labute approximate surface area is 613 Å². The van der Waals surface area contributed by atoms with Crippen molar-refractivity contribution in [1.82, 2.24) is 0 Å². The summed E-state index contributed by atoms with van der Waals surface area (Å²) in [7, 11) is -9.92. The lowest BCUT2D eigenvalue weighted by molar-refractivity contribution is -0.161. The smallest absolute Gasteiger partial charge is 0.462 e. The fourth-order valence-corrected chi connectivity index (χ4v) is 14.1. The van der Waals surface area contributed by atoms with Crippen LogP contribution in [0.4, 0.5) is 0 Å². The third-order valence-electron chi connectivity index (χ3n) is 18.9. The van der Waals surface area contributed by atoms with Crippen LogP contribution in [0.2, 0.25) is 0 Å². The van der Waals surface area contributed by atoms with Crippen molar-refractivity contribution in [2.24, 2.45) is 17.8 Å². The molecule has 19 heteroatoms. The van der Waals surface area contributed by atoms with Crippen LogP contribution in [0.5, 0.6) is 0 Å². The van der Waals surface area contributed by atoms with Gasteiger partial charge in [-0.2, -0.15) is 0 Å². The topological polar surface area (TPSA) is 237 Å². The van der Waals surface area contributed by atoms with Gasteiger partial charge in [0.2, 0.25) is 0 Å². The average molecular weight is 1470 g/mol. The van der Waals surface area contributed by atoms with Crippen molar-refractivity contribution in [3.05, 3.63) is 0 Å². The number of hydrogen-bond donors (Lipinski definition) is 3. The lowest BCUT2D eigenvalue weighted by atomic mass is 10.0. The van der Waals surface area contributed by atoms with E-state index in [1.54, 1.807) is 0 Å². The maximum Gasteiger partial charge on any atom is 0.472 e. The van der Waals surface area contributed by atoms with E-state index >= 15 is 0 Å². The van der Waals surface area contributed by atoms with E-state index in [4.69, 9.17) is 37.0 Å². The van der Waals surface area contributed by atoms with Crippen molar-refractivity contribution in [2.75, 3.05) is 39.6 Å². The van der Waals surface area contributed by atoms with Crippen LogP contribution in [0.15, 0.2) is 0 Å². The molecule has 0 bridgehead atoms. The average Bonchev–Trinajstić information content (AvgIpc) is 0.934. The molecule has 0 amide bonds. The summed E-state index contributed by atoms with van der Waals surface area (Å²) in [4.78, 5) is 73.0. The van der Waals surface area contributed by atoms with Gasteiger partial charge in [0.15, 0.2) is 12.2 Å². The van der Waals surface area contributed by atoms with Gasteiger partial charge in [-0.25, -0.2) is 9.13 Å². The summed E-state index contributed by atoms with van der Waals surface area (Å²) in [5.74, 6) is 0.158. The monoisotopic (exact) mass is 1470 g/mol. The van der Waals surface area contributed by atoms with E-state index < -0.39 is 97.5 Å². The first-order valence-electron chi connectivity index (χ1n) is 41.8.